The Bertz CT molecular complexity index is 336. The van der Waals surface area contributed by atoms with Crippen LogP contribution in [0.25, 0.3) is 0 Å². The van der Waals surface area contributed by atoms with Crippen molar-refractivity contribution in [2.75, 3.05) is 19.7 Å². The van der Waals surface area contributed by atoms with Gasteiger partial charge < -0.3 is 9.84 Å². The molecular formula is C25H50BNO2. The van der Waals surface area contributed by atoms with Gasteiger partial charge in [-0.3, -0.25) is 4.90 Å². The van der Waals surface area contributed by atoms with E-state index in [1.807, 2.05) is 0 Å². The van der Waals surface area contributed by atoms with Gasteiger partial charge in [0.25, 0.3) is 0 Å². The van der Waals surface area contributed by atoms with Crippen LogP contribution in [0.5, 0.6) is 0 Å². The van der Waals surface area contributed by atoms with Crippen LogP contribution in [-0.2, 0) is 4.74 Å². The molecule has 1 fully saturated rings. The predicted octanol–water partition coefficient (Wildman–Crippen LogP) is 6.21. The number of nitrogens with zero attached hydrogens (tertiary/aromatic N) is 1. The quantitative estimate of drug-likeness (QED) is 0.192. The second-order valence-corrected chi connectivity index (χ2v) is 9.18. The lowest BCUT2D eigenvalue weighted by Gasteiger charge is -2.31. The average molecular weight is 407 g/mol. The van der Waals surface area contributed by atoms with Gasteiger partial charge in [0.1, 0.15) is 7.85 Å². The zero-order valence-electron chi connectivity index (χ0n) is 19.8. The summed E-state index contributed by atoms with van der Waals surface area (Å²) in [6.07, 6.45) is 22.4. The molecule has 1 rings (SSSR count). The second-order valence-electron chi connectivity index (χ2n) is 9.18. The van der Waals surface area contributed by atoms with Gasteiger partial charge in [0.05, 0.1) is 12.7 Å². The fourth-order valence-corrected chi connectivity index (χ4v) is 4.65. The van der Waals surface area contributed by atoms with Crippen molar-refractivity contribution in [3.63, 3.8) is 0 Å². The molecule has 1 aliphatic heterocycles. The highest BCUT2D eigenvalue weighted by atomic mass is 16.5. The molecule has 0 bridgehead atoms. The molecule has 1 unspecified atom stereocenters. The highest BCUT2D eigenvalue weighted by Gasteiger charge is 2.35. The number of hydrogen-bond donors (Lipinski definition) is 1. The Hall–Kier alpha value is -0.0551. The number of aliphatic hydroxyl groups is 1. The molecule has 0 aliphatic carbocycles. The Morgan fingerprint density at radius 1 is 0.724 bits per heavy atom. The molecule has 0 aromatic carbocycles. The maximum absolute atomic E-state index is 9.72. The van der Waals surface area contributed by atoms with Crippen molar-refractivity contribution in [2.45, 2.75) is 141 Å². The normalized spacial score (nSPS) is 22.0. The van der Waals surface area contributed by atoms with Crippen LogP contribution < -0.4 is 0 Å². The van der Waals surface area contributed by atoms with Gasteiger partial charge in [-0.25, -0.2) is 0 Å². The predicted molar refractivity (Wildman–Crippen MR) is 127 cm³/mol. The molecule has 0 aromatic heterocycles. The van der Waals surface area contributed by atoms with E-state index in [1.165, 1.54) is 103 Å². The van der Waals surface area contributed by atoms with Crippen LogP contribution in [0.4, 0.5) is 0 Å². The molecule has 1 N–H and O–H groups in total. The number of unbranched alkanes of at least 4 members (excludes halogenated alkanes) is 14. The molecular weight excluding hydrogens is 357 g/mol. The maximum Gasteiger partial charge on any atom is 0.109 e. The van der Waals surface area contributed by atoms with E-state index in [0.29, 0.717) is 6.04 Å². The minimum Gasteiger partial charge on any atom is -0.394 e. The number of aliphatic hydroxyl groups excluding tert-OH is 1. The zero-order valence-corrected chi connectivity index (χ0v) is 19.8. The summed E-state index contributed by atoms with van der Waals surface area (Å²) in [5, 5.41) is 9.72. The number of hydrogen-bond acceptors (Lipinski definition) is 3. The van der Waals surface area contributed by atoms with Gasteiger partial charge in [0.15, 0.2) is 0 Å². The van der Waals surface area contributed by atoms with Crippen molar-refractivity contribution in [2.24, 2.45) is 0 Å². The Kier molecular flexibility index (Phi) is 17.4. The van der Waals surface area contributed by atoms with Crippen LogP contribution in [0.1, 0.15) is 123 Å². The highest BCUT2D eigenvalue weighted by Crippen LogP contribution is 2.25. The van der Waals surface area contributed by atoms with Crippen molar-refractivity contribution in [3.05, 3.63) is 0 Å². The van der Waals surface area contributed by atoms with Crippen LogP contribution in [0.15, 0.2) is 0 Å². The fraction of sp³-hybridized carbons (Fsp3) is 1.00. The van der Waals surface area contributed by atoms with E-state index >= 15 is 0 Å². The largest absolute Gasteiger partial charge is 0.394 e. The van der Waals surface area contributed by atoms with E-state index in [1.54, 1.807) is 0 Å². The lowest BCUT2D eigenvalue weighted by atomic mass is 9.94. The van der Waals surface area contributed by atoms with Gasteiger partial charge in [-0.05, 0) is 32.4 Å². The molecule has 0 spiro atoms. The lowest BCUT2D eigenvalue weighted by Crippen LogP contribution is -2.43. The molecule has 0 aromatic rings. The van der Waals surface area contributed by atoms with Crippen molar-refractivity contribution < 1.29 is 9.84 Å². The van der Waals surface area contributed by atoms with E-state index in [9.17, 15) is 5.11 Å². The molecule has 1 heterocycles. The molecule has 1 saturated heterocycles. The Morgan fingerprint density at radius 2 is 1.14 bits per heavy atom. The summed E-state index contributed by atoms with van der Waals surface area (Å²) in [5.41, 5.74) is 0. The van der Waals surface area contributed by atoms with Crippen molar-refractivity contribution in [1.82, 2.24) is 4.90 Å². The summed E-state index contributed by atoms with van der Waals surface area (Å²) in [6, 6.07) is 0.0842. The first-order chi connectivity index (χ1) is 14.2. The molecule has 1 aliphatic rings. The first kappa shape index (κ1) is 27.0. The summed E-state index contributed by atoms with van der Waals surface area (Å²) < 4.78 is 5.75. The van der Waals surface area contributed by atoms with E-state index in [-0.39, 0.29) is 18.7 Å². The molecule has 4 heteroatoms. The second kappa shape index (κ2) is 18.7. The van der Waals surface area contributed by atoms with Crippen molar-refractivity contribution in [3.8, 4) is 0 Å². The van der Waals surface area contributed by atoms with Gasteiger partial charge in [-0.2, -0.15) is 0 Å². The topological polar surface area (TPSA) is 32.7 Å². The van der Waals surface area contributed by atoms with E-state index < -0.39 is 0 Å². The van der Waals surface area contributed by atoms with Crippen molar-refractivity contribution >= 4 is 7.85 Å². The number of rotatable bonds is 20. The molecule has 0 amide bonds. The summed E-state index contributed by atoms with van der Waals surface area (Å²) in [4.78, 5) is 2.59. The minimum absolute atomic E-state index is 0.0870. The summed E-state index contributed by atoms with van der Waals surface area (Å²) in [7, 11) is 6.04. The highest BCUT2D eigenvalue weighted by molar-refractivity contribution is 6.11. The van der Waals surface area contributed by atoms with Gasteiger partial charge in [0.2, 0.25) is 0 Å². The standard InChI is InChI=1S/C25H50BNO2/c1-3-5-7-9-11-13-15-17-19-27(23-21-25(26)29-24(23)22-28)20-18-16-14-12-10-8-6-4-2/h23-25,28H,3-22H2,1-2H3/t23?,24-,25-/m1/s1. The van der Waals surface area contributed by atoms with Crippen molar-refractivity contribution in [1.29, 1.82) is 0 Å². The lowest BCUT2D eigenvalue weighted by molar-refractivity contribution is 0.00893. The maximum atomic E-state index is 9.72. The van der Waals surface area contributed by atoms with Gasteiger partial charge >= 0.3 is 0 Å². The summed E-state index contributed by atoms with van der Waals surface area (Å²) in [5.74, 6) is 0. The zero-order chi connectivity index (χ0) is 21.2. The van der Waals surface area contributed by atoms with Crippen LogP contribution in [0.2, 0.25) is 0 Å². The smallest absolute Gasteiger partial charge is 0.109 e. The third kappa shape index (κ3) is 13.1. The third-order valence-electron chi connectivity index (χ3n) is 6.50. The molecule has 0 saturated carbocycles. The third-order valence-corrected chi connectivity index (χ3v) is 6.50. The van der Waals surface area contributed by atoms with Crippen LogP contribution in [-0.4, -0.2) is 55.7 Å². The summed E-state index contributed by atoms with van der Waals surface area (Å²) in [6.45, 7) is 6.90. The van der Waals surface area contributed by atoms with Gasteiger partial charge in [-0.15, -0.1) is 0 Å². The minimum atomic E-state index is -0.211. The van der Waals surface area contributed by atoms with Gasteiger partial charge in [0, 0.05) is 12.0 Å². The first-order valence-electron chi connectivity index (χ1n) is 13.0. The van der Waals surface area contributed by atoms with Gasteiger partial charge in [-0.1, -0.05) is 104 Å². The number of ether oxygens (including phenoxy) is 1. The average Bonchev–Trinajstić information content (AvgIpc) is 3.11. The van der Waals surface area contributed by atoms with Crippen LogP contribution in [0, 0.1) is 0 Å². The Labute approximate surface area is 183 Å². The van der Waals surface area contributed by atoms with Crippen LogP contribution >= 0.6 is 0 Å². The fourth-order valence-electron chi connectivity index (χ4n) is 4.65. The Morgan fingerprint density at radius 3 is 1.55 bits per heavy atom. The van der Waals surface area contributed by atoms with E-state index in [4.69, 9.17) is 12.6 Å². The molecule has 170 valence electrons. The SMILES string of the molecule is [B][C@H]1CC(N(CCCCCCCCCC)CCCCCCCCCC)[C@@H](CO)O1. The summed E-state index contributed by atoms with van der Waals surface area (Å²) >= 11 is 0. The molecule has 3 nitrogen and oxygen atoms in total. The Balaban J connectivity index is 2.27. The molecule has 29 heavy (non-hydrogen) atoms. The van der Waals surface area contributed by atoms with Crippen LogP contribution in [0.3, 0.4) is 0 Å². The van der Waals surface area contributed by atoms with E-state index in [2.05, 4.69) is 18.7 Å². The molecule has 2 radical (unpaired) electrons. The van der Waals surface area contributed by atoms with E-state index in [0.717, 1.165) is 19.5 Å². The monoisotopic (exact) mass is 407 g/mol. The first-order valence-corrected chi connectivity index (χ1v) is 13.0. The molecule has 3 atom stereocenters.